The van der Waals surface area contributed by atoms with Crippen molar-refractivity contribution in [2.45, 2.75) is 13.0 Å². The van der Waals surface area contributed by atoms with Crippen LogP contribution in [0.25, 0.3) is 0 Å². The van der Waals surface area contributed by atoms with Crippen molar-refractivity contribution in [1.29, 1.82) is 0 Å². The zero-order valence-corrected chi connectivity index (χ0v) is 5.67. The molecule has 0 saturated carbocycles. The van der Waals surface area contributed by atoms with Crippen LogP contribution in [0, 0.1) is 5.41 Å². The molecule has 1 heterocycles. The number of nitrogens with zero attached hydrogens (tertiary/aromatic N) is 1. The topological polar surface area (TPSA) is 60.3 Å². The van der Waals surface area contributed by atoms with Gasteiger partial charge in [-0.05, 0) is 0 Å². The molecular weight excluding hydrogens is 116 g/mol. The van der Waals surface area contributed by atoms with Crippen LogP contribution in [0.2, 0.25) is 0 Å². The highest BCUT2D eigenvalue weighted by molar-refractivity contribution is 4.93. The Balaban J connectivity index is 2.56. The molecule has 2 unspecified atom stereocenters. The number of hydrogen-bond donors (Lipinski definition) is 2. The Hall–Kier alpha value is -0.120. The Morgan fingerprint density at radius 3 is 2.78 bits per heavy atom. The standard InChI is InChI=1S/C6H13N2O/c1-6(4-9)3-8-2-5(6)7/h5,9H,2-4,7H2,1H3. The maximum atomic E-state index is 8.86. The smallest absolute Gasteiger partial charge is 0.0512 e. The molecule has 1 fully saturated rings. The number of aliphatic hydroxyl groups is 1. The van der Waals surface area contributed by atoms with Gasteiger partial charge in [0.05, 0.1) is 6.61 Å². The van der Waals surface area contributed by atoms with Crippen molar-refractivity contribution in [1.82, 2.24) is 5.32 Å². The summed E-state index contributed by atoms with van der Waals surface area (Å²) in [6.45, 7) is 3.54. The molecule has 1 radical (unpaired) electrons. The summed E-state index contributed by atoms with van der Waals surface area (Å²) >= 11 is 0. The first-order valence-electron chi connectivity index (χ1n) is 3.19. The minimum atomic E-state index is -0.139. The molecule has 1 aliphatic rings. The molecule has 3 N–H and O–H groups in total. The molecular formula is C6H13N2O. The van der Waals surface area contributed by atoms with Gasteiger partial charge in [-0.3, -0.25) is 0 Å². The van der Waals surface area contributed by atoms with E-state index in [-0.39, 0.29) is 18.1 Å². The van der Waals surface area contributed by atoms with Crippen LogP contribution in [0.4, 0.5) is 0 Å². The molecule has 0 spiro atoms. The van der Waals surface area contributed by atoms with Crippen molar-refractivity contribution < 1.29 is 5.11 Å². The highest BCUT2D eigenvalue weighted by Gasteiger charge is 2.36. The SMILES string of the molecule is CC1(CO)C[N]CC1N. The summed E-state index contributed by atoms with van der Waals surface area (Å²) in [5, 5.41) is 13.0. The lowest BCUT2D eigenvalue weighted by atomic mass is 9.87. The van der Waals surface area contributed by atoms with Crippen molar-refractivity contribution in [3.8, 4) is 0 Å². The lowest BCUT2D eigenvalue weighted by molar-refractivity contribution is 0.145. The minimum Gasteiger partial charge on any atom is -0.396 e. The molecule has 0 aliphatic carbocycles. The van der Waals surface area contributed by atoms with Gasteiger partial charge in [-0.25, -0.2) is 5.32 Å². The molecule has 0 bridgehead atoms. The van der Waals surface area contributed by atoms with Gasteiger partial charge in [0, 0.05) is 24.5 Å². The van der Waals surface area contributed by atoms with Crippen LogP contribution in [-0.4, -0.2) is 30.8 Å². The Labute approximate surface area is 55.2 Å². The molecule has 3 nitrogen and oxygen atoms in total. The number of aliphatic hydroxyl groups excluding tert-OH is 1. The van der Waals surface area contributed by atoms with Crippen molar-refractivity contribution in [3.05, 3.63) is 0 Å². The lowest BCUT2D eigenvalue weighted by Crippen LogP contribution is -2.40. The van der Waals surface area contributed by atoms with Gasteiger partial charge in [-0.1, -0.05) is 6.92 Å². The van der Waals surface area contributed by atoms with Gasteiger partial charge < -0.3 is 10.8 Å². The molecule has 1 saturated heterocycles. The molecule has 1 aliphatic heterocycles. The third-order valence-corrected chi connectivity index (χ3v) is 2.06. The second-order valence-electron chi connectivity index (χ2n) is 2.98. The van der Waals surface area contributed by atoms with Gasteiger partial charge in [0.2, 0.25) is 0 Å². The van der Waals surface area contributed by atoms with E-state index in [1.165, 1.54) is 0 Å². The summed E-state index contributed by atoms with van der Waals surface area (Å²) in [6.07, 6.45) is 0. The highest BCUT2D eigenvalue weighted by Crippen LogP contribution is 2.22. The fourth-order valence-electron chi connectivity index (χ4n) is 0.964. The molecule has 0 aromatic heterocycles. The van der Waals surface area contributed by atoms with Crippen molar-refractivity contribution in [2.75, 3.05) is 19.7 Å². The predicted molar refractivity (Wildman–Crippen MR) is 35.0 cm³/mol. The van der Waals surface area contributed by atoms with E-state index in [0.29, 0.717) is 13.1 Å². The van der Waals surface area contributed by atoms with E-state index in [1.54, 1.807) is 0 Å². The third kappa shape index (κ3) is 1.08. The van der Waals surface area contributed by atoms with Gasteiger partial charge >= 0.3 is 0 Å². The number of hydrogen-bond acceptors (Lipinski definition) is 2. The van der Waals surface area contributed by atoms with Crippen LogP contribution in [0.1, 0.15) is 6.92 Å². The molecule has 0 aromatic rings. The summed E-state index contributed by atoms with van der Waals surface area (Å²) in [5.41, 5.74) is 5.53. The number of rotatable bonds is 1. The van der Waals surface area contributed by atoms with Crippen LogP contribution in [0.15, 0.2) is 0 Å². The van der Waals surface area contributed by atoms with E-state index in [2.05, 4.69) is 5.32 Å². The molecule has 2 atom stereocenters. The quantitative estimate of drug-likeness (QED) is 0.473. The van der Waals surface area contributed by atoms with Gasteiger partial charge in [-0.2, -0.15) is 0 Å². The fraction of sp³-hybridized carbons (Fsp3) is 1.00. The molecule has 0 aromatic carbocycles. The van der Waals surface area contributed by atoms with Gasteiger partial charge in [0.15, 0.2) is 0 Å². The molecule has 1 rings (SSSR count). The molecule has 3 heteroatoms. The van der Waals surface area contributed by atoms with E-state index in [9.17, 15) is 0 Å². The van der Waals surface area contributed by atoms with Crippen LogP contribution in [0.5, 0.6) is 0 Å². The van der Waals surface area contributed by atoms with Gasteiger partial charge in [-0.15, -0.1) is 0 Å². The van der Waals surface area contributed by atoms with Gasteiger partial charge in [0.25, 0.3) is 0 Å². The lowest BCUT2D eigenvalue weighted by Gasteiger charge is -2.23. The Morgan fingerprint density at radius 2 is 2.56 bits per heavy atom. The monoisotopic (exact) mass is 129 g/mol. The average Bonchev–Trinajstić information content (AvgIpc) is 2.15. The maximum Gasteiger partial charge on any atom is 0.0512 e. The van der Waals surface area contributed by atoms with Crippen molar-refractivity contribution in [3.63, 3.8) is 0 Å². The van der Waals surface area contributed by atoms with Crippen molar-refractivity contribution in [2.24, 2.45) is 11.1 Å². The normalized spacial score (nSPS) is 43.7. The second-order valence-corrected chi connectivity index (χ2v) is 2.98. The van der Waals surface area contributed by atoms with Crippen LogP contribution < -0.4 is 11.1 Å². The Kier molecular flexibility index (Phi) is 1.75. The average molecular weight is 129 g/mol. The van der Waals surface area contributed by atoms with Crippen LogP contribution in [0.3, 0.4) is 0 Å². The summed E-state index contributed by atoms with van der Waals surface area (Å²) in [4.78, 5) is 0. The number of nitrogens with two attached hydrogens (primary N) is 1. The maximum absolute atomic E-state index is 8.86. The van der Waals surface area contributed by atoms with Crippen molar-refractivity contribution >= 4 is 0 Å². The van der Waals surface area contributed by atoms with E-state index < -0.39 is 0 Å². The van der Waals surface area contributed by atoms with Crippen LogP contribution in [-0.2, 0) is 0 Å². The molecule has 9 heavy (non-hydrogen) atoms. The molecule has 0 amide bonds. The zero-order valence-electron chi connectivity index (χ0n) is 5.67. The highest BCUT2D eigenvalue weighted by atomic mass is 16.3. The van der Waals surface area contributed by atoms with Crippen LogP contribution >= 0.6 is 0 Å². The van der Waals surface area contributed by atoms with E-state index in [4.69, 9.17) is 10.8 Å². The summed E-state index contributed by atoms with van der Waals surface area (Å²) in [6, 6.07) is 0.0579. The third-order valence-electron chi connectivity index (χ3n) is 2.06. The molecule has 53 valence electrons. The summed E-state index contributed by atoms with van der Waals surface area (Å²) in [7, 11) is 0. The largest absolute Gasteiger partial charge is 0.396 e. The first-order chi connectivity index (χ1) is 4.19. The van der Waals surface area contributed by atoms with E-state index in [1.807, 2.05) is 6.92 Å². The Bertz CT molecular complexity index is 107. The first kappa shape index (κ1) is 6.99. The summed E-state index contributed by atoms with van der Waals surface area (Å²) < 4.78 is 0. The fourth-order valence-corrected chi connectivity index (χ4v) is 0.964. The predicted octanol–water partition coefficient (Wildman–Crippen LogP) is -1.07. The second kappa shape index (κ2) is 2.25. The van der Waals surface area contributed by atoms with E-state index >= 15 is 0 Å². The van der Waals surface area contributed by atoms with E-state index in [0.717, 1.165) is 0 Å². The summed E-state index contributed by atoms with van der Waals surface area (Å²) in [5.74, 6) is 0. The Morgan fingerprint density at radius 1 is 1.89 bits per heavy atom. The zero-order chi connectivity index (χ0) is 6.91. The first-order valence-corrected chi connectivity index (χ1v) is 3.19. The van der Waals surface area contributed by atoms with Gasteiger partial charge in [0.1, 0.15) is 0 Å². The minimum absolute atomic E-state index is 0.0579.